The van der Waals surface area contributed by atoms with E-state index in [1.165, 1.54) is 6.08 Å². The molecule has 0 unspecified atom stereocenters. The van der Waals surface area contributed by atoms with Crippen LogP contribution in [0, 0.1) is 5.92 Å². The molecule has 0 bridgehead atoms. The lowest BCUT2D eigenvalue weighted by Crippen LogP contribution is -2.04. The number of ether oxygens (including phenoxy) is 1. The first-order valence-corrected chi connectivity index (χ1v) is 5.36. The molecule has 1 aromatic rings. The zero-order valence-electron chi connectivity index (χ0n) is 9.88. The predicted molar refractivity (Wildman–Crippen MR) is 65.1 cm³/mol. The molecule has 0 aliphatic heterocycles. The minimum atomic E-state index is -1.06. The first-order chi connectivity index (χ1) is 8.00. The van der Waals surface area contributed by atoms with Gasteiger partial charge in [0.15, 0.2) is 11.5 Å². The topological polar surface area (TPSA) is 66.8 Å². The van der Waals surface area contributed by atoms with Gasteiger partial charge in [-0.3, -0.25) is 0 Å². The molecule has 0 atom stereocenters. The van der Waals surface area contributed by atoms with Gasteiger partial charge in [-0.2, -0.15) is 0 Å². The summed E-state index contributed by atoms with van der Waals surface area (Å²) in [7, 11) is 0. The van der Waals surface area contributed by atoms with E-state index in [0.717, 1.165) is 6.08 Å². The van der Waals surface area contributed by atoms with Crippen LogP contribution in [-0.2, 0) is 4.79 Å². The van der Waals surface area contributed by atoms with Crippen molar-refractivity contribution in [1.29, 1.82) is 0 Å². The highest BCUT2D eigenvalue weighted by Crippen LogP contribution is 2.30. The molecule has 0 heterocycles. The molecule has 17 heavy (non-hydrogen) atoms. The van der Waals surface area contributed by atoms with Gasteiger partial charge in [0, 0.05) is 11.6 Å². The molecule has 1 rings (SSSR count). The van der Waals surface area contributed by atoms with Crippen LogP contribution in [0.1, 0.15) is 19.4 Å². The first kappa shape index (κ1) is 13.1. The molecule has 0 spiro atoms. The molecule has 4 heteroatoms. The molecule has 0 saturated carbocycles. The number of aliphatic carboxylic acids is 1. The minimum absolute atomic E-state index is 0.0364. The van der Waals surface area contributed by atoms with Gasteiger partial charge in [-0.1, -0.05) is 26.0 Å². The molecule has 0 aliphatic rings. The second kappa shape index (κ2) is 5.94. The van der Waals surface area contributed by atoms with Crippen molar-refractivity contribution in [3.05, 3.63) is 29.8 Å². The van der Waals surface area contributed by atoms with Gasteiger partial charge in [0.1, 0.15) is 0 Å². The molecule has 92 valence electrons. The number of para-hydroxylation sites is 1. The number of phenolic OH excluding ortho intramolecular Hbond substituents is 1. The number of benzene rings is 1. The van der Waals surface area contributed by atoms with Crippen LogP contribution in [0.5, 0.6) is 11.5 Å². The van der Waals surface area contributed by atoms with Crippen molar-refractivity contribution in [2.24, 2.45) is 5.92 Å². The van der Waals surface area contributed by atoms with Gasteiger partial charge in [-0.25, -0.2) is 4.79 Å². The van der Waals surface area contributed by atoms with E-state index in [1.807, 2.05) is 13.8 Å². The van der Waals surface area contributed by atoms with E-state index in [0.29, 0.717) is 23.8 Å². The second-order valence-electron chi connectivity index (χ2n) is 4.07. The second-order valence-corrected chi connectivity index (χ2v) is 4.07. The van der Waals surface area contributed by atoms with Crippen LogP contribution in [-0.4, -0.2) is 22.8 Å². The van der Waals surface area contributed by atoms with E-state index in [2.05, 4.69) is 0 Å². The number of aromatic hydroxyl groups is 1. The Bertz CT molecular complexity index is 421. The fourth-order valence-electron chi connectivity index (χ4n) is 1.21. The minimum Gasteiger partial charge on any atom is -0.504 e. The Morgan fingerprint density at radius 1 is 1.47 bits per heavy atom. The summed E-state index contributed by atoms with van der Waals surface area (Å²) in [5.41, 5.74) is 0.425. The highest BCUT2D eigenvalue weighted by atomic mass is 16.5. The average Bonchev–Trinajstić information content (AvgIpc) is 2.25. The van der Waals surface area contributed by atoms with Crippen molar-refractivity contribution in [1.82, 2.24) is 0 Å². The Morgan fingerprint density at radius 3 is 2.76 bits per heavy atom. The fraction of sp³-hybridized carbons (Fsp3) is 0.308. The summed E-state index contributed by atoms with van der Waals surface area (Å²) in [6.45, 7) is 4.51. The maximum Gasteiger partial charge on any atom is 0.328 e. The molecule has 4 nitrogen and oxygen atoms in total. The summed E-state index contributed by atoms with van der Waals surface area (Å²) in [5.74, 6) is -0.373. The molecule has 0 fully saturated rings. The Morgan fingerprint density at radius 2 is 2.18 bits per heavy atom. The van der Waals surface area contributed by atoms with Crippen LogP contribution >= 0.6 is 0 Å². The Balaban J connectivity index is 2.87. The fourth-order valence-corrected chi connectivity index (χ4v) is 1.21. The summed E-state index contributed by atoms with van der Waals surface area (Å²) >= 11 is 0. The van der Waals surface area contributed by atoms with Gasteiger partial charge in [0.25, 0.3) is 0 Å². The van der Waals surface area contributed by atoms with Crippen molar-refractivity contribution in [3.63, 3.8) is 0 Å². The summed E-state index contributed by atoms with van der Waals surface area (Å²) in [4.78, 5) is 10.4. The van der Waals surface area contributed by atoms with Gasteiger partial charge in [0.2, 0.25) is 0 Å². The number of hydrogen-bond acceptors (Lipinski definition) is 3. The van der Waals surface area contributed by atoms with E-state index >= 15 is 0 Å². The van der Waals surface area contributed by atoms with Crippen LogP contribution < -0.4 is 4.74 Å². The molecule has 0 aromatic heterocycles. The summed E-state index contributed by atoms with van der Waals surface area (Å²) < 4.78 is 5.41. The van der Waals surface area contributed by atoms with Crippen LogP contribution in [0.25, 0.3) is 6.08 Å². The van der Waals surface area contributed by atoms with Gasteiger partial charge in [-0.05, 0) is 18.1 Å². The highest BCUT2D eigenvalue weighted by Gasteiger charge is 2.07. The van der Waals surface area contributed by atoms with Crippen LogP contribution in [0.3, 0.4) is 0 Å². The highest BCUT2D eigenvalue weighted by molar-refractivity contribution is 5.86. The molecule has 0 amide bonds. The SMILES string of the molecule is CC(C)COc1cccc(C=CC(=O)O)c1O. The van der Waals surface area contributed by atoms with Gasteiger partial charge < -0.3 is 14.9 Å². The van der Waals surface area contributed by atoms with Crippen LogP contribution in [0.2, 0.25) is 0 Å². The van der Waals surface area contributed by atoms with E-state index in [-0.39, 0.29) is 5.75 Å². The molecular formula is C13H16O4. The monoisotopic (exact) mass is 236 g/mol. The van der Waals surface area contributed by atoms with Crippen molar-refractivity contribution in [3.8, 4) is 11.5 Å². The zero-order chi connectivity index (χ0) is 12.8. The predicted octanol–water partition coefficient (Wildman–Crippen LogP) is 2.52. The summed E-state index contributed by atoms with van der Waals surface area (Å²) in [6.07, 6.45) is 2.31. The largest absolute Gasteiger partial charge is 0.504 e. The van der Waals surface area contributed by atoms with Crippen molar-refractivity contribution >= 4 is 12.0 Å². The number of hydrogen-bond donors (Lipinski definition) is 2. The van der Waals surface area contributed by atoms with E-state index in [4.69, 9.17) is 9.84 Å². The lowest BCUT2D eigenvalue weighted by Gasteiger charge is -2.11. The Kier molecular flexibility index (Phi) is 4.57. The Hall–Kier alpha value is -1.97. The zero-order valence-corrected chi connectivity index (χ0v) is 9.88. The quantitative estimate of drug-likeness (QED) is 0.771. The van der Waals surface area contributed by atoms with E-state index in [1.54, 1.807) is 18.2 Å². The molecular weight excluding hydrogens is 220 g/mol. The molecule has 1 aromatic carbocycles. The lowest BCUT2D eigenvalue weighted by molar-refractivity contribution is -0.131. The standard InChI is InChI=1S/C13H16O4/c1-9(2)8-17-11-5-3-4-10(13(11)16)6-7-12(14)15/h3-7,9,16H,8H2,1-2H3,(H,14,15). The van der Waals surface area contributed by atoms with Crippen molar-refractivity contribution in [2.45, 2.75) is 13.8 Å². The van der Waals surface area contributed by atoms with Crippen molar-refractivity contribution in [2.75, 3.05) is 6.61 Å². The number of carboxylic acids is 1. The molecule has 0 aliphatic carbocycles. The molecule has 2 N–H and O–H groups in total. The summed E-state index contributed by atoms with van der Waals surface area (Å²) in [6, 6.07) is 4.98. The maximum atomic E-state index is 10.4. The Labute approximate surface area is 100 Å². The third-order valence-corrected chi connectivity index (χ3v) is 2.01. The van der Waals surface area contributed by atoms with E-state index < -0.39 is 5.97 Å². The summed E-state index contributed by atoms with van der Waals surface area (Å²) in [5, 5.41) is 18.4. The number of rotatable bonds is 5. The van der Waals surface area contributed by atoms with Gasteiger partial charge in [0.05, 0.1) is 6.61 Å². The van der Waals surface area contributed by atoms with Gasteiger partial charge in [-0.15, -0.1) is 0 Å². The number of carbonyl (C=O) groups is 1. The average molecular weight is 236 g/mol. The number of carboxylic acid groups (broad SMARTS) is 1. The van der Waals surface area contributed by atoms with Gasteiger partial charge >= 0.3 is 5.97 Å². The molecule has 0 radical (unpaired) electrons. The number of phenols is 1. The van der Waals surface area contributed by atoms with Crippen LogP contribution in [0.4, 0.5) is 0 Å². The third kappa shape index (κ3) is 4.18. The normalized spacial score (nSPS) is 11.0. The maximum absolute atomic E-state index is 10.4. The third-order valence-electron chi connectivity index (χ3n) is 2.01. The van der Waals surface area contributed by atoms with Crippen molar-refractivity contribution < 1.29 is 19.7 Å². The van der Waals surface area contributed by atoms with Crippen LogP contribution in [0.15, 0.2) is 24.3 Å². The van der Waals surface area contributed by atoms with E-state index in [9.17, 15) is 9.90 Å². The lowest BCUT2D eigenvalue weighted by atomic mass is 10.1. The first-order valence-electron chi connectivity index (χ1n) is 5.36. The smallest absolute Gasteiger partial charge is 0.328 e. The molecule has 0 saturated heterocycles.